The maximum Gasteiger partial charge on any atom is 0.305 e. The van der Waals surface area contributed by atoms with Crippen LogP contribution < -0.4 is 4.72 Å². The quantitative estimate of drug-likeness (QED) is 0.754. The minimum absolute atomic E-state index is 0.0980. The molecule has 1 unspecified atom stereocenters. The van der Waals surface area contributed by atoms with E-state index in [9.17, 15) is 13.2 Å². The summed E-state index contributed by atoms with van der Waals surface area (Å²) in [6, 6.07) is 7.09. The zero-order chi connectivity index (χ0) is 15.2. The van der Waals surface area contributed by atoms with Crippen LogP contribution in [-0.2, 0) is 19.6 Å². The molecule has 0 aromatic heterocycles. The van der Waals surface area contributed by atoms with E-state index in [0.717, 1.165) is 10.0 Å². The van der Waals surface area contributed by atoms with Gasteiger partial charge in [0.1, 0.15) is 0 Å². The van der Waals surface area contributed by atoms with Crippen molar-refractivity contribution in [2.24, 2.45) is 0 Å². The number of nitrogens with one attached hydrogen (secondary N) is 1. The zero-order valence-electron chi connectivity index (χ0n) is 11.4. The van der Waals surface area contributed by atoms with Crippen molar-refractivity contribution in [2.45, 2.75) is 25.8 Å². The van der Waals surface area contributed by atoms with Gasteiger partial charge in [0, 0.05) is 16.9 Å². The van der Waals surface area contributed by atoms with Gasteiger partial charge in [-0.15, -0.1) is 0 Å². The van der Waals surface area contributed by atoms with Gasteiger partial charge in [-0.2, -0.15) is 0 Å². The van der Waals surface area contributed by atoms with E-state index < -0.39 is 16.0 Å². The molecule has 0 saturated carbocycles. The summed E-state index contributed by atoms with van der Waals surface area (Å²) in [6.45, 7) is 1.78. The van der Waals surface area contributed by atoms with Gasteiger partial charge in [0.25, 0.3) is 0 Å². The first-order valence-corrected chi connectivity index (χ1v) is 8.61. The van der Waals surface area contributed by atoms with Crippen LogP contribution in [0.5, 0.6) is 0 Å². The molecule has 1 rings (SSSR count). The third kappa shape index (κ3) is 5.60. The molecule has 0 aliphatic rings. The zero-order valence-corrected chi connectivity index (χ0v) is 13.8. The van der Waals surface area contributed by atoms with Crippen molar-refractivity contribution in [3.8, 4) is 0 Å². The summed E-state index contributed by atoms with van der Waals surface area (Å²) in [5.41, 5.74) is 0.865. The molecule has 0 radical (unpaired) electrons. The van der Waals surface area contributed by atoms with Gasteiger partial charge in [0.05, 0.1) is 12.9 Å². The number of ether oxygens (including phenoxy) is 1. The summed E-state index contributed by atoms with van der Waals surface area (Å²) >= 11 is 3.39. The van der Waals surface area contributed by atoms with Crippen molar-refractivity contribution in [3.63, 3.8) is 0 Å². The second-order valence-electron chi connectivity index (χ2n) is 4.36. The molecule has 5 nitrogen and oxygen atoms in total. The van der Waals surface area contributed by atoms with Crippen molar-refractivity contribution in [1.29, 1.82) is 0 Å². The summed E-state index contributed by atoms with van der Waals surface area (Å²) < 4.78 is 31.8. The highest BCUT2D eigenvalue weighted by Crippen LogP contribution is 2.23. The third-order valence-corrected chi connectivity index (χ3v) is 5.01. The molecule has 20 heavy (non-hydrogen) atoms. The molecule has 1 aromatic rings. The molecule has 0 saturated heterocycles. The van der Waals surface area contributed by atoms with E-state index in [2.05, 4.69) is 25.4 Å². The average Bonchev–Trinajstić information content (AvgIpc) is 2.38. The predicted molar refractivity (Wildman–Crippen MR) is 80.7 cm³/mol. The van der Waals surface area contributed by atoms with E-state index in [-0.39, 0.29) is 24.6 Å². The Labute approximate surface area is 127 Å². The lowest BCUT2D eigenvalue weighted by molar-refractivity contribution is -0.140. The molecule has 0 aliphatic carbocycles. The minimum Gasteiger partial charge on any atom is -0.469 e. The van der Waals surface area contributed by atoms with E-state index in [1.807, 2.05) is 24.3 Å². The van der Waals surface area contributed by atoms with Crippen LogP contribution in [0, 0.1) is 0 Å². The van der Waals surface area contributed by atoms with Crippen LogP contribution in [0.1, 0.15) is 31.4 Å². The van der Waals surface area contributed by atoms with Crippen LogP contribution in [-0.4, -0.2) is 27.2 Å². The Morgan fingerprint density at radius 1 is 1.40 bits per heavy atom. The number of halogens is 1. The molecule has 1 atom stereocenters. The first-order chi connectivity index (χ1) is 9.35. The molecule has 0 aliphatic heterocycles. The minimum atomic E-state index is -3.43. The summed E-state index contributed by atoms with van der Waals surface area (Å²) in [7, 11) is -2.15. The Morgan fingerprint density at radius 2 is 2.05 bits per heavy atom. The van der Waals surface area contributed by atoms with Gasteiger partial charge in [-0.1, -0.05) is 34.1 Å². The number of esters is 1. The summed E-state index contributed by atoms with van der Waals surface area (Å²) in [6.07, 6.45) is 0.339. The fraction of sp³-hybridized carbons (Fsp3) is 0.462. The maximum atomic E-state index is 11.9. The fourth-order valence-corrected chi connectivity index (χ4v) is 3.66. The highest BCUT2D eigenvalue weighted by atomic mass is 79.9. The Balaban J connectivity index is 2.58. The van der Waals surface area contributed by atoms with Gasteiger partial charge in [-0.3, -0.25) is 4.79 Å². The molecule has 0 spiro atoms. The monoisotopic (exact) mass is 363 g/mol. The largest absolute Gasteiger partial charge is 0.469 e. The molecule has 0 fully saturated rings. The summed E-state index contributed by atoms with van der Waals surface area (Å²) in [5, 5.41) is 0. The van der Waals surface area contributed by atoms with Crippen LogP contribution in [0.2, 0.25) is 0 Å². The lowest BCUT2D eigenvalue weighted by Gasteiger charge is -2.15. The Bertz CT molecular complexity index is 559. The first kappa shape index (κ1) is 17.1. The van der Waals surface area contributed by atoms with Gasteiger partial charge in [0.15, 0.2) is 0 Å². The van der Waals surface area contributed by atoms with Crippen LogP contribution in [0.25, 0.3) is 0 Å². The number of carbonyl (C=O) groups is 1. The molecular weight excluding hydrogens is 346 g/mol. The third-order valence-electron chi connectivity index (χ3n) is 2.75. The van der Waals surface area contributed by atoms with Crippen molar-refractivity contribution < 1.29 is 17.9 Å². The lowest BCUT2D eigenvalue weighted by Crippen LogP contribution is -2.29. The first-order valence-electron chi connectivity index (χ1n) is 6.17. The van der Waals surface area contributed by atoms with E-state index in [4.69, 9.17) is 0 Å². The van der Waals surface area contributed by atoms with E-state index in [1.54, 1.807) is 6.92 Å². The van der Waals surface area contributed by atoms with Crippen LogP contribution in [0.3, 0.4) is 0 Å². The maximum absolute atomic E-state index is 11.9. The standard InChI is InChI=1S/C13H18BrNO4S/c1-10(11-6-3-4-7-12(11)14)15-20(17,18)9-5-8-13(16)19-2/h3-4,6-7,10,15H,5,8-9H2,1-2H3. The van der Waals surface area contributed by atoms with Gasteiger partial charge < -0.3 is 4.74 Å². The van der Waals surface area contributed by atoms with Crippen molar-refractivity contribution in [2.75, 3.05) is 12.9 Å². The molecular formula is C13H18BrNO4S. The van der Waals surface area contributed by atoms with E-state index in [0.29, 0.717) is 0 Å². The second kappa shape index (κ2) is 7.75. The second-order valence-corrected chi connectivity index (χ2v) is 7.09. The number of rotatable bonds is 7. The lowest BCUT2D eigenvalue weighted by atomic mass is 10.1. The SMILES string of the molecule is COC(=O)CCCS(=O)(=O)NC(C)c1ccccc1Br. The predicted octanol–water partition coefficient (Wildman–Crippen LogP) is 2.38. The van der Waals surface area contributed by atoms with Crippen molar-refractivity contribution in [1.82, 2.24) is 4.72 Å². The summed E-state index contributed by atoms with van der Waals surface area (Å²) in [4.78, 5) is 10.9. The molecule has 1 aromatic carbocycles. The summed E-state index contributed by atoms with van der Waals surface area (Å²) in [5.74, 6) is -0.504. The van der Waals surface area contributed by atoms with Gasteiger partial charge >= 0.3 is 5.97 Å². The highest BCUT2D eigenvalue weighted by Gasteiger charge is 2.17. The smallest absolute Gasteiger partial charge is 0.305 e. The topological polar surface area (TPSA) is 72.5 Å². The van der Waals surface area contributed by atoms with E-state index in [1.165, 1.54) is 7.11 Å². The van der Waals surface area contributed by atoms with E-state index >= 15 is 0 Å². The fourth-order valence-electron chi connectivity index (χ4n) is 1.73. The van der Waals surface area contributed by atoms with Crippen LogP contribution >= 0.6 is 15.9 Å². The molecule has 7 heteroatoms. The molecule has 1 N–H and O–H groups in total. The van der Waals surface area contributed by atoms with Crippen molar-refractivity contribution in [3.05, 3.63) is 34.3 Å². The molecule has 0 amide bonds. The average molecular weight is 364 g/mol. The number of carbonyl (C=O) groups excluding carboxylic acids is 1. The number of methoxy groups -OCH3 is 1. The number of benzene rings is 1. The highest BCUT2D eigenvalue weighted by molar-refractivity contribution is 9.10. The van der Waals surface area contributed by atoms with Gasteiger partial charge in [-0.25, -0.2) is 13.1 Å². The normalized spacial score (nSPS) is 12.9. The molecule has 112 valence electrons. The molecule has 0 heterocycles. The van der Waals surface area contributed by atoms with Gasteiger partial charge in [0.2, 0.25) is 10.0 Å². The van der Waals surface area contributed by atoms with Crippen LogP contribution in [0.4, 0.5) is 0 Å². The Morgan fingerprint density at radius 3 is 2.65 bits per heavy atom. The van der Waals surface area contributed by atoms with Crippen LogP contribution in [0.15, 0.2) is 28.7 Å². The van der Waals surface area contributed by atoms with Crippen molar-refractivity contribution >= 4 is 31.9 Å². The molecule has 0 bridgehead atoms. The number of hydrogen-bond donors (Lipinski definition) is 1. The van der Waals surface area contributed by atoms with Gasteiger partial charge in [-0.05, 0) is 25.0 Å². The Kier molecular flexibility index (Phi) is 6.64. The Hall–Kier alpha value is -0.920. The number of hydrogen-bond acceptors (Lipinski definition) is 4. The number of sulfonamides is 1.